The number of guanidine groups is 1. The number of nitrogens with zero attached hydrogens (tertiary/aromatic N) is 9. The molecule has 8 heterocycles. The van der Waals surface area contributed by atoms with Crippen LogP contribution >= 0.6 is 0 Å². The topological polar surface area (TPSA) is 448 Å². The van der Waals surface area contributed by atoms with Crippen molar-refractivity contribution < 1.29 is 52.7 Å². The van der Waals surface area contributed by atoms with Crippen LogP contribution in [0.5, 0.6) is 0 Å². The number of aryl methyl sites for hydroxylation is 8. The number of carbonyl (C=O) groups excluding carboxylic acids is 11. The molecule has 1 unspecified atom stereocenters. The highest BCUT2D eigenvalue weighted by molar-refractivity contribution is 6.11. The first kappa shape index (κ1) is 67.5. The van der Waals surface area contributed by atoms with E-state index in [2.05, 4.69) is 63.5 Å². The van der Waals surface area contributed by atoms with Gasteiger partial charge in [-0.1, -0.05) is 0 Å². The molecule has 0 aromatic carbocycles. The fraction of sp³-hybridized carbons (Fsp3) is 0.283. The second-order valence-electron chi connectivity index (χ2n) is 22.1. The molecular formula is C60H73N23O11. The Bertz CT molecular complexity index is 4270. The molecule has 16 N–H and O–H groups in total. The van der Waals surface area contributed by atoms with E-state index in [0.717, 1.165) is 0 Å². The molecule has 11 amide bonds. The molecule has 0 spiro atoms. The van der Waals surface area contributed by atoms with Gasteiger partial charge in [-0.3, -0.25) is 58.1 Å². The van der Waals surface area contributed by atoms with E-state index in [4.69, 9.17) is 16.9 Å². The van der Waals surface area contributed by atoms with E-state index in [9.17, 15) is 52.7 Å². The third-order valence-electron chi connectivity index (χ3n) is 14.7. The number of primary amides is 1. The van der Waals surface area contributed by atoms with E-state index in [1.54, 1.807) is 96.5 Å². The van der Waals surface area contributed by atoms with Crippen molar-refractivity contribution in [3.8, 4) is 0 Å². The molecule has 0 aliphatic carbocycles. The molecule has 0 aliphatic rings. The van der Waals surface area contributed by atoms with Crippen LogP contribution < -0.4 is 70.0 Å². The largest absolute Gasteiger partial charge is 0.370 e. The van der Waals surface area contributed by atoms with Gasteiger partial charge >= 0.3 is 0 Å². The van der Waals surface area contributed by atoms with Crippen molar-refractivity contribution in [2.75, 3.05) is 56.9 Å². The Morgan fingerprint density at radius 3 is 1.04 bits per heavy atom. The lowest BCUT2D eigenvalue weighted by Gasteiger charge is -2.15. The lowest BCUT2D eigenvalue weighted by atomic mass is 10.1. The van der Waals surface area contributed by atoms with Gasteiger partial charge in [-0.25, -0.2) is 4.98 Å². The van der Waals surface area contributed by atoms with Crippen LogP contribution in [0.2, 0.25) is 0 Å². The third kappa shape index (κ3) is 17.1. The van der Waals surface area contributed by atoms with Crippen LogP contribution in [0.15, 0.2) is 98.2 Å². The zero-order valence-corrected chi connectivity index (χ0v) is 52.6. The van der Waals surface area contributed by atoms with Crippen LogP contribution in [-0.2, 0) is 70.8 Å². The van der Waals surface area contributed by atoms with Gasteiger partial charge in [-0.2, -0.15) is 0 Å². The number of carbonyl (C=O) groups is 11. The third-order valence-corrected chi connectivity index (χ3v) is 14.7. The van der Waals surface area contributed by atoms with E-state index < -0.39 is 65.1 Å². The first-order valence-electron chi connectivity index (χ1n) is 29.1. The summed E-state index contributed by atoms with van der Waals surface area (Å²) in [5.74, 6) is -5.73. The van der Waals surface area contributed by atoms with Crippen LogP contribution in [0.1, 0.15) is 116 Å². The molecule has 0 saturated carbocycles. The van der Waals surface area contributed by atoms with Gasteiger partial charge in [-0.05, 0) is 61.7 Å². The van der Waals surface area contributed by atoms with Gasteiger partial charge in [0.25, 0.3) is 47.3 Å². The molecule has 0 aliphatic heterocycles. The molecule has 0 radical (unpaired) electrons. The van der Waals surface area contributed by atoms with Crippen molar-refractivity contribution in [2.24, 2.45) is 67.8 Å². The number of imidazole rings is 1. The number of nitrogens with two attached hydrogens (primary N) is 2. The van der Waals surface area contributed by atoms with E-state index in [0.29, 0.717) is 35.7 Å². The minimum Gasteiger partial charge on any atom is -0.370 e. The summed E-state index contributed by atoms with van der Waals surface area (Å²) >= 11 is 0. The van der Waals surface area contributed by atoms with Crippen LogP contribution in [-0.4, -0.2) is 138 Å². The minimum atomic E-state index is -0.949. The molecule has 34 nitrogen and oxygen atoms in total. The first-order chi connectivity index (χ1) is 44.6. The summed E-state index contributed by atoms with van der Waals surface area (Å²) in [7, 11) is 13.0. The van der Waals surface area contributed by atoms with E-state index >= 15 is 0 Å². The second kappa shape index (κ2) is 29.5. The highest BCUT2D eigenvalue weighted by Gasteiger charge is 2.24. The van der Waals surface area contributed by atoms with Crippen LogP contribution in [0.3, 0.4) is 0 Å². The first-order valence-corrected chi connectivity index (χ1v) is 29.1. The van der Waals surface area contributed by atoms with Crippen molar-refractivity contribution >= 4 is 111 Å². The van der Waals surface area contributed by atoms with Gasteiger partial charge in [0.1, 0.15) is 45.9 Å². The predicted octanol–water partition coefficient (Wildman–Crippen LogP) is 1.81. The van der Waals surface area contributed by atoms with Gasteiger partial charge in [-0.15, -0.1) is 0 Å². The summed E-state index contributed by atoms with van der Waals surface area (Å²) in [6.07, 6.45) is 14.8. The predicted molar refractivity (Wildman–Crippen MR) is 346 cm³/mol. The maximum atomic E-state index is 13.5. The quantitative estimate of drug-likeness (QED) is 0.0189. The standard InChI is InChI=1S/C60H73N23O11/c1-76-18-17-64-51(76)59(94)74-39-25-47(83(8)32-39)58(93)73-38-24-44(81(6)31-38)55(90)69-34-20-41(77(2)27-34)52(87)65-14-10-12-48(84)68-33-19-43(79(4)26-33)54(89)71-36-22-46(82(7)29-36)57(92)72-37-23-45(80(5)30-37)56(91)70-35-21-42(78(3)28-35)53(88)66-16-13-49(85)75-40(50(61)86)11-9-15-67-60(62)63/h17-32,40H,9-16H2,1-8H3,(H2,61,86)(H,65,87)(H,66,88)(H,68,84)(H,69,90)(H,70,91)(H,71,89)(H,72,92)(H,73,93)(H,74,94)(H,75,85)(H4,62,63,67). The van der Waals surface area contributed by atoms with Crippen molar-refractivity contribution in [2.45, 2.75) is 38.1 Å². The minimum absolute atomic E-state index is 0.0206. The maximum absolute atomic E-state index is 13.5. The summed E-state index contributed by atoms with van der Waals surface area (Å²) in [5, 5.41) is 37.1. The molecule has 0 saturated heterocycles. The lowest BCUT2D eigenvalue weighted by molar-refractivity contribution is -0.127. The smallest absolute Gasteiger partial charge is 0.291 e. The number of aromatic nitrogens is 9. The van der Waals surface area contributed by atoms with E-state index in [1.807, 2.05) is 0 Å². The van der Waals surface area contributed by atoms with E-state index in [1.165, 1.54) is 94.7 Å². The Morgan fingerprint density at radius 1 is 0.394 bits per heavy atom. The summed E-state index contributed by atoms with van der Waals surface area (Å²) < 4.78 is 12.2. The van der Waals surface area contributed by atoms with Gasteiger partial charge < -0.3 is 106 Å². The summed E-state index contributed by atoms with van der Waals surface area (Å²) in [6, 6.07) is 9.41. The Hall–Kier alpha value is -12.4. The highest BCUT2D eigenvalue weighted by Crippen LogP contribution is 2.24. The number of nitrogens with one attached hydrogen (secondary N) is 12. The van der Waals surface area contributed by atoms with Gasteiger partial charge in [0.05, 0.1) is 39.8 Å². The summed E-state index contributed by atoms with van der Waals surface area (Å²) in [4.78, 5) is 147. The molecule has 34 heteroatoms. The van der Waals surface area contributed by atoms with Crippen LogP contribution in [0, 0.1) is 5.41 Å². The molecular weight excluding hydrogens is 1220 g/mol. The van der Waals surface area contributed by atoms with Gasteiger partial charge in [0.2, 0.25) is 17.7 Å². The Labute approximate surface area is 536 Å². The van der Waals surface area contributed by atoms with Crippen LogP contribution in [0.25, 0.3) is 0 Å². The number of hydrogen-bond acceptors (Lipinski definition) is 13. The Kier molecular flexibility index (Phi) is 21.2. The normalized spacial score (nSPS) is 11.2. The SMILES string of the molecule is Cn1cc(NC(=O)c2cc(NC(=O)c3cc(NC(=O)c4nccn4C)cn3C)cn2C)cc1C(=O)NCCCC(=O)Nc1cc(C(=O)Nc2cc(C(=O)Nc3cc(C(=O)Nc4cc(C(=O)NCCC(=O)NC(CCCNC(=N)N)C(N)=O)n(C)c4)n(C)c3)n(C)c2)n(C)c1. The highest BCUT2D eigenvalue weighted by atomic mass is 16.2. The van der Waals surface area contributed by atoms with Crippen LogP contribution in [0.4, 0.5) is 39.8 Å². The zero-order valence-electron chi connectivity index (χ0n) is 52.6. The second-order valence-corrected chi connectivity index (χ2v) is 22.1. The average Bonchev–Trinajstić information content (AvgIpc) is 1.70. The van der Waals surface area contributed by atoms with Gasteiger partial charge in [0, 0.05) is 145 Å². The molecule has 494 valence electrons. The number of amides is 11. The van der Waals surface area contributed by atoms with Crippen molar-refractivity contribution in [3.05, 3.63) is 144 Å². The fourth-order valence-corrected chi connectivity index (χ4v) is 9.98. The number of rotatable bonds is 28. The molecule has 0 bridgehead atoms. The molecule has 8 aromatic rings. The summed E-state index contributed by atoms with van der Waals surface area (Å²) in [5.41, 5.74) is 14.3. The lowest BCUT2D eigenvalue weighted by Crippen LogP contribution is -2.45. The van der Waals surface area contributed by atoms with Crippen molar-refractivity contribution in [1.29, 1.82) is 5.41 Å². The van der Waals surface area contributed by atoms with Crippen molar-refractivity contribution in [3.63, 3.8) is 0 Å². The van der Waals surface area contributed by atoms with Crippen molar-refractivity contribution in [1.82, 2.24) is 62.8 Å². The zero-order chi connectivity index (χ0) is 68.2. The molecule has 94 heavy (non-hydrogen) atoms. The summed E-state index contributed by atoms with van der Waals surface area (Å²) in [6.45, 7) is 0.375. The van der Waals surface area contributed by atoms with E-state index in [-0.39, 0.29) is 113 Å². The maximum Gasteiger partial charge on any atom is 0.291 e. The Morgan fingerprint density at radius 2 is 0.713 bits per heavy atom. The Balaban J connectivity index is 0.744. The molecule has 1 atom stereocenters. The molecule has 8 rings (SSSR count). The fourth-order valence-electron chi connectivity index (χ4n) is 9.98. The number of anilines is 7. The number of hydrogen-bond donors (Lipinski definition) is 14. The average molecular weight is 1290 g/mol. The monoisotopic (exact) mass is 1290 g/mol. The molecule has 8 aromatic heterocycles. The van der Waals surface area contributed by atoms with Gasteiger partial charge in [0.15, 0.2) is 11.8 Å². The molecule has 0 fully saturated rings.